The maximum Gasteiger partial charge on any atom is 0.322 e. The van der Waals surface area contributed by atoms with E-state index in [0.717, 1.165) is 12.3 Å². The van der Waals surface area contributed by atoms with E-state index >= 15 is 0 Å². The molecule has 3 nitrogen and oxygen atoms in total. The highest BCUT2D eigenvalue weighted by molar-refractivity contribution is 5.75. The Balaban J connectivity index is 2.49. The summed E-state index contributed by atoms with van der Waals surface area (Å²) in [6.07, 6.45) is 5.83. The minimum atomic E-state index is -0.129. The SMILES string of the molecule is COC(=O)C(CC(C)C)NC1CCCC(C)C1. The number of rotatable bonds is 5. The van der Waals surface area contributed by atoms with Crippen LogP contribution in [-0.4, -0.2) is 25.2 Å². The summed E-state index contributed by atoms with van der Waals surface area (Å²) in [5.74, 6) is 1.17. The second-order valence-electron chi connectivity index (χ2n) is 5.84. The van der Waals surface area contributed by atoms with Crippen molar-refractivity contribution in [3.8, 4) is 0 Å². The van der Waals surface area contributed by atoms with E-state index in [2.05, 4.69) is 26.1 Å². The third kappa shape index (κ3) is 5.07. The van der Waals surface area contributed by atoms with Gasteiger partial charge in [0.1, 0.15) is 6.04 Å². The molecular formula is C14H27NO2. The van der Waals surface area contributed by atoms with Gasteiger partial charge in [-0.2, -0.15) is 0 Å². The van der Waals surface area contributed by atoms with E-state index < -0.39 is 0 Å². The van der Waals surface area contributed by atoms with Crippen LogP contribution in [0.15, 0.2) is 0 Å². The molecule has 0 saturated heterocycles. The zero-order valence-corrected chi connectivity index (χ0v) is 11.7. The maximum absolute atomic E-state index is 11.7. The first-order chi connectivity index (χ1) is 8.02. The molecule has 1 fully saturated rings. The number of hydrogen-bond acceptors (Lipinski definition) is 3. The van der Waals surface area contributed by atoms with Crippen molar-refractivity contribution < 1.29 is 9.53 Å². The Hall–Kier alpha value is -0.570. The minimum Gasteiger partial charge on any atom is -0.468 e. The van der Waals surface area contributed by atoms with E-state index in [0.29, 0.717) is 12.0 Å². The number of esters is 1. The Kier molecular flexibility index (Phi) is 5.96. The predicted molar refractivity (Wildman–Crippen MR) is 69.8 cm³/mol. The largest absolute Gasteiger partial charge is 0.468 e. The summed E-state index contributed by atoms with van der Waals surface area (Å²) in [4.78, 5) is 11.7. The molecule has 17 heavy (non-hydrogen) atoms. The van der Waals surface area contributed by atoms with Crippen LogP contribution in [0, 0.1) is 11.8 Å². The zero-order valence-electron chi connectivity index (χ0n) is 11.7. The van der Waals surface area contributed by atoms with Crippen molar-refractivity contribution in [3.63, 3.8) is 0 Å². The van der Waals surface area contributed by atoms with Crippen LogP contribution in [0.5, 0.6) is 0 Å². The van der Waals surface area contributed by atoms with Gasteiger partial charge in [-0.05, 0) is 31.1 Å². The summed E-state index contributed by atoms with van der Waals surface area (Å²) < 4.78 is 4.88. The highest BCUT2D eigenvalue weighted by atomic mass is 16.5. The van der Waals surface area contributed by atoms with E-state index in [9.17, 15) is 4.79 Å². The molecule has 3 heteroatoms. The van der Waals surface area contributed by atoms with E-state index in [-0.39, 0.29) is 12.0 Å². The third-order valence-corrected chi connectivity index (χ3v) is 3.57. The topological polar surface area (TPSA) is 38.3 Å². The Bertz CT molecular complexity index is 240. The van der Waals surface area contributed by atoms with E-state index in [1.54, 1.807) is 0 Å². The molecule has 1 N–H and O–H groups in total. The molecule has 0 aliphatic heterocycles. The summed E-state index contributed by atoms with van der Waals surface area (Å²) in [6, 6.07) is 0.358. The van der Waals surface area contributed by atoms with Gasteiger partial charge in [0.05, 0.1) is 7.11 Å². The lowest BCUT2D eigenvalue weighted by Crippen LogP contribution is -2.46. The molecule has 1 aliphatic rings. The molecule has 1 rings (SSSR count). The van der Waals surface area contributed by atoms with Crippen LogP contribution in [0.1, 0.15) is 52.9 Å². The lowest BCUT2D eigenvalue weighted by molar-refractivity contribution is -0.143. The lowest BCUT2D eigenvalue weighted by atomic mass is 9.86. The van der Waals surface area contributed by atoms with Gasteiger partial charge in [0.2, 0.25) is 0 Å². The van der Waals surface area contributed by atoms with Crippen LogP contribution in [0.3, 0.4) is 0 Å². The van der Waals surface area contributed by atoms with E-state index in [4.69, 9.17) is 4.74 Å². The van der Waals surface area contributed by atoms with Gasteiger partial charge in [-0.3, -0.25) is 4.79 Å². The first-order valence-corrected chi connectivity index (χ1v) is 6.86. The van der Waals surface area contributed by atoms with Crippen LogP contribution < -0.4 is 5.32 Å². The summed E-state index contributed by atoms with van der Waals surface area (Å²) in [5, 5.41) is 3.49. The highest BCUT2D eigenvalue weighted by Crippen LogP contribution is 2.24. The molecule has 0 radical (unpaired) electrons. The summed E-state index contributed by atoms with van der Waals surface area (Å²) in [6.45, 7) is 6.58. The fourth-order valence-electron chi connectivity index (χ4n) is 2.72. The zero-order chi connectivity index (χ0) is 12.8. The van der Waals surface area contributed by atoms with Crippen LogP contribution in [-0.2, 0) is 9.53 Å². The molecule has 0 heterocycles. The molecule has 1 saturated carbocycles. The number of nitrogens with one attached hydrogen (secondary N) is 1. The predicted octanol–water partition coefficient (Wildman–Crippen LogP) is 2.74. The monoisotopic (exact) mass is 241 g/mol. The summed E-state index contributed by atoms with van der Waals surface area (Å²) in [5.41, 5.74) is 0. The second-order valence-corrected chi connectivity index (χ2v) is 5.84. The van der Waals surface area contributed by atoms with Gasteiger partial charge in [-0.15, -0.1) is 0 Å². The first kappa shape index (κ1) is 14.5. The van der Waals surface area contributed by atoms with Crippen LogP contribution >= 0.6 is 0 Å². The molecule has 0 amide bonds. The molecule has 1 aliphatic carbocycles. The first-order valence-electron chi connectivity index (χ1n) is 6.86. The molecule has 3 atom stereocenters. The summed E-state index contributed by atoms with van der Waals surface area (Å²) in [7, 11) is 1.47. The van der Waals surface area contributed by atoms with Crippen molar-refractivity contribution in [3.05, 3.63) is 0 Å². The highest BCUT2D eigenvalue weighted by Gasteiger charge is 2.26. The van der Waals surface area contributed by atoms with Crippen LogP contribution in [0.4, 0.5) is 0 Å². The van der Waals surface area contributed by atoms with E-state index in [1.165, 1.54) is 32.8 Å². The molecular weight excluding hydrogens is 214 g/mol. The standard InChI is InChI=1S/C14H27NO2/c1-10(2)8-13(14(16)17-4)15-12-7-5-6-11(3)9-12/h10-13,15H,5-9H2,1-4H3. The molecule has 100 valence electrons. The number of hydrogen-bond donors (Lipinski definition) is 1. The minimum absolute atomic E-state index is 0.114. The van der Waals surface area contributed by atoms with Gasteiger partial charge in [-0.25, -0.2) is 0 Å². The maximum atomic E-state index is 11.7. The van der Waals surface area contributed by atoms with Gasteiger partial charge in [0.25, 0.3) is 0 Å². The number of methoxy groups -OCH3 is 1. The average molecular weight is 241 g/mol. The summed E-state index contributed by atoms with van der Waals surface area (Å²) >= 11 is 0. The number of carbonyl (C=O) groups is 1. The van der Waals surface area contributed by atoms with Crippen molar-refractivity contribution in [1.29, 1.82) is 0 Å². The van der Waals surface area contributed by atoms with Crippen molar-refractivity contribution in [2.45, 2.75) is 65.0 Å². The number of carbonyl (C=O) groups excluding carboxylic acids is 1. The molecule has 0 bridgehead atoms. The van der Waals surface area contributed by atoms with Crippen molar-refractivity contribution in [2.75, 3.05) is 7.11 Å². The fraction of sp³-hybridized carbons (Fsp3) is 0.929. The van der Waals surface area contributed by atoms with Crippen molar-refractivity contribution in [1.82, 2.24) is 5.32 Å². The van der Waals surface area contributed by atoms with Gasteiger partial charge in [0, 0.05) is 6.04 Å². The molecule has 0 spiro atoms. The fourth-order valence-corrected chi connectivity index (χ4v) is 2.72. The van der Waals surface area contributed by atoms with E-state index in [1.807, 2.05) is 0 Å². The normalized spacial score (nSPS) is 26.9. The second kappa shape index (κ2) is 7.00. The molecule has 0 aromatic carbocycles. The van der Waals surface area contributed by atoms with Crippen LogP contribution in [0.2, 0.25) is 0 Å². The van der Waals surface area contributed by atoms with Crippen molar-refractivity contribution >= 4 is 5.97 Å². The smallest absolute Gasteiger partial charge is 0.322 e. The van der Waals surface area contributed by atoms with Crippen molar-refractivity contribution in [2.24, 2.45) is 11.8 Å². The Morgan fingerprint density at radius 1 is 1.41 bits per heavy atom. The molecule has 0 aromatic rings. The Morgan fingerprint density at radius 2 is 2.12 bits per heavy atom. The Morgan fingerprint density at radius 3 is 2.65 bits per heavy atom. The molecule has 0 aromatic heterocycles. The molecule has 3 unspecified atom stereocenters. The average Bonchev–Trinajstić information content (AvgIpc) is 2.26. The van der Waals surface area contributed by atoms with Gasteiger partial charge < -0.3 is 10.1 Å². The number of ether oxygens (including phenoxy) is 1. The Labute approximate surface area is 105 Å². The van der Waals surface area contributed by atoms with Gasteiger partial charge in [-0.1, -0.05) is 33.6 Å². The van der Waals surface area contributed by atoms with Crippen LogP contribution in [0.25, 0.3) is 0 Å². The lowest BCUT2D eigenvalue weighted by Gasteiger charge is -2.31. The van der Waals surface area contributed by atoms with Gasteiger partial charge in [0.15, 0.2) is 0 Å². The quantitative estimate of drug-likeness (QED) is 0.752. The van der Waals surface area contributed by atoms with Gasteiger partial charge >= 0.3 is 5.97 Å². The third-order valence-electron chi connectivity index (χ3n) is 3.57.